The largest absolute Gasteiger partial charge is 0.479 e. The van der Waals surface area contributed by atoms with E-state index in [-0.39, 0.29) is 24.9 Å². The number of aliphatic hydroxyl groups is 12. The fourth-order valence-electron chi connectivity index (χ4n) is 17.6. The van der Waals surface area contributed by atoms with Crippen LogP contribution in [-0.2, 0) is 71.3 Å². The van der Waals surface area contributed by atoms with Crippen LogP contribution in [0.5, 0.6) is 0 Å². The van der Waals surface area contributed by atoms with E-state index in [0.717, 1.165) is 5.57 Å². The van der Waals surface area contributed by atoms with Crippen molar-refractivity contribution in [1.29, 1.82) is 0 Å². The van der Waals surface area contributed by atoms with Crippen LogP contribution >= 0.6 is 0 Å². The molecule has 4 saturated heterocycles. The Morgan fingerprint density at radius 1 is 0.622 bits per heavy atom. The van der Waals surface area contributed by atoms with Gasteiger partial charge in [-0.2, -0.15) is 0 Å². The zero-order chi connectivity index (χ0) is 66.4. The third-order valence-electron chi connectivity index (χ3n) is 22.9. The normalized spacial score (nSPS) is 49.1. The average Bonchev–Trinajstić information content (AvgIpc) is 0.671. The SMILES string of the molecule is CC=C(C)C(=O)O[C@H]1[C@H](O)[C@]2(COC(C)=O)[C@H](OC(C)=O)C[C@]3(C)C(=CC[C@@H]4[C@@]5(C)CC[C@H](O[C@@H]6O[C@H](C(=O)O)[C@@H](O)[C@H](O[C@@H]7OC[C@H](O)[C@H](O)[C@H]7O[C@@H]7O[C@H](CO)[C@@H](O)[C@H](O)[C@H]7O)[C@H]6O[C@@H]6O[C@H](CO)[C@H](O)[C@H](O)[C@H]6O)C(C)(C)[C@@H]5CC[C@]43C)[C@@H]2CC1(C)C. The van der Waals surface area contributed by atoms with Crippen LogP contribution in [0, 0.1) is 50.2 Å². The standard InChI is InChI=1S/C62H96O28/c1-12-25(2)52(79)90-50-49(76)62(24-81-26(3)65)29(19-57(50,5)6)28-13-14-34-59(9)17-16-35(58(7,8)33(59)15-18-60(34,10)61(28,11)20-36(62)82-27(4)66)85-56-48(89-54-43(74)41(72)39(70)32(22-64)84-54)45(44(75)46(87-56)51(77)78)86-55-47(37(68)30(67)23-80-55)88-53-42(73)40(71)38(69)31(21-63)83-53/h12-13,29-50,53-56,63-64,67-76H,14-24H2,1-11H3,(H,77,78)/t29-,30-,31+,32+,33-,34+,35-,36+,37-,38+,39-,40-,41-,42+,43+,44-,45-,46-,47+,48+,49-,50-,53-,54-,55-,56+,59-,60+,61+,62-/m0/s1. The molecule has 0 aromatic heterocycles. The van der Waals surface area contributed by atoms with Crippen LogP contribution in [0.25, 0.3) is 0 Å². The summed E-state index contributed by atoms with van der Waals surface area (Å²) in [6, 6.07) is 0. The van der Waals surface area contributed by atoms with E-state index in [1.54, 1.807) is 19.9 Å². The number of hydrogen-bond donors (Lipinski definition) is 13. The summed E-state index contributed by atoms with van der Waals surface area (Å²) in [4.78, 5) is 52.9. The summed E-state index contributed by atoms with van der Waals surface area (Å²) in [6.45, 7) is 17.7. The lowest BCUT2D eigenvalue weighted by Gasteiger charge is -2.72. The Hall–Kier alpha value is -3.44. The van der Waals surface area contributed by atoms with E-state index in [1.165, 1.54) is 13.8 Å². The quantitative estimate of drug-likeness (QED) is 0.0282. The molecule has 28 nitrogen and oxygen atoms in total. The van der Waals surface area contributed by atoms with Gasteiger partial charge in [-0.25, -0.2) is 9.59 Å². The van der Waals surface area contributed by atoms with Crippen LogP contribution in [0.1, 0.15) is 121 Å². The minimum absolute atomic E-state index is 0.0595. The fraction of sp³-hybridized carbons (Fsp3) is 0.871. The number of esters is 3. The molecular weight excluding hydrogens is 1190 g/mol. The first kappa shape index (κ1) is 70.9. The molecule has 0 spiro atoms. The summed E-state index contributed by atoms with van der Waals surface area (Å²) < 4.78 is 67.2. The molecule has 30 atom stereocenters. The summed E-state index contributed by atoms with van der Waals surface area (Å²) in [6.07, 6.45) is -34.1. The first-order valence-electron chi connectivity index (χ1n) is 31.3. The third kappa shape index (κ3) is 12.0. The molecule has 512 valence electrons. The minimum atomic E-state index is -2.26. The molecule has 0 aromatic rings. The van der Waals surface area contributed by atoms with E-state index in [0.29, 0.717) is 44.1 Å². The second-order valence-electron chi connectivity index (χ2n) is 28.7. The molecule has 4 saturated carbocycles. The summed E-state index contributed by atoms with van der Waals surface area (Å²) in [5.41, 5.74) is -3.50. The second kappa shape index (κ2) is 26.3. The van der Waals surface area contributed by atoms with Crippen molar-refractivity contribution < 1.29 is 138 Å². The van der Waals surface area contributed by atoms with Gasteiger partial charge >= 0.3 is 23.9 Å². The molecule has 4 aliphatic heterocycles. The number of rotatable bonds is 16. The van der Waals surface area contributed by atoms with Gasteiger partial charge in [-0.3, -0.25) is 9.59 Å². The molecule has 9 aliphatic rings. The van der Waals surface area contributed by atoms with Gasteiger partial charge in [0.1, 0.15) is 110 Å². The average molecular weight is 1290 g/mol. The van der Waals surface area contributed by atoms with E-state index in [4.69, 9.17) is 52.1 Å². The van der Waals surface area contributed by atoms with Gasteiger partial charge in [-0.1, -0.05) is 66.2 Å². The van der Waals surface area contributed by atoms with Crippen molar-refractivity contribution in [3.8, 4) is 0 Å². The van der Waals surface area contributed by atoms with Gasteiger partial charge in [0.2, 0.25) is 0 Å². The lowest BCUT2D eigenvalue weighted by molar-refractivity contribution is -0.401. The predicted molar refractivity (Wildman–Crippen MR) is 304 cm³/mol. The van der Waals surface area contributed by atoms with Crippen LogP contribution in [0.2, 0.25) is 0 Å². The number of carbonyl (C=O) groups is 4. The molecule has 0 unspecified atom stereocenters. The number of hydrogen-bond acceptors (Lipinski definition) is 27. The predicted octanol–water partition coefficient (Wildman–Crippen LogP) is -1.26. The first-order valence-corrected chi connectivity index (χ1v) is 31.3. The van der Waals surface area contributed by atoms with Crippen molar-refractivity contribution in [3.05, 3.63) is 23.3 Å². The molecule has 9 rings (SSSR count). The number of carboxylic acid groups (broad SMARTS) is 1. The molecule has 8 fully saturated rings. The minimum Gasteiger partial charge on any atom is -0.479 e. The molecule has 90 heavy (non-hydrogen) atoms. The highest BCUT2D eigenvalue weighted by atomic mass is 16.8. The van der Waals surface area contributed by atoms with Crippen molar-refractivity contribution in [3.63, 3.8) is 0 Å². The number of allylic oxidation sites excluding steroid dienone is 3. The molecule has 5 aliphatic carbocycles. The molecule has 4 heterocycles. The molecule has 0 amide bonds. The van der Waals surface area contributed by atoms with E-state index in [9.17, 15) is 85.6 Å². The Labute approximate surface area is 522 Å². The van der Waals surface area contributed by atoms with Crippen molar-refractivity contribution in [2.75, 3.05) is 26.4 Å². The topological polar surface area (TPSA) is 433 Å². The Balaban J connectivity index is 1.06. The van der Waals surface area contributed by atoms with Crippen molar-refractivity contribution in [2.45, 2.75) is 262 Å². The van der Waals surface area contributed by atoms with Crippen molar-refractivity contribution in [1.82, 2.24) is 0 Å². The number of aliphatic carboxylic acids is 1. The Morgan fingerprint density at radius 3 is 1.77 bits per heavy atom. The third-order valence-corrected chi connectivity index (χ3v) is 22.9. The smallest absolute Gasteiger partial charge is 0.335 e. The van der Waals surface area contributed by atoms with Crippen molar-refractivity contribution in [2.24, 2.45) is 50.2 Å². The monoisotopic (exact) mass is 1290 g/mol. The molecule has 0 aromatic carbocycles. The maximum absolute atomic E-state index is 13.5. The van der Waals surface area contributed by atoms with Gasteiger partial charge in [-0.05, 0) is 98.2 Å². The summed E-state index contributed by atoms with van der Waals surface area (Å²) in [7, 11) is 0. The Kier molecular flexibility index (Phi) is 20.7. The van der Waals surface area contributed by atoms with Crippen LogP contribution < -0.4 is 0 Å². The summed E-state index contributed by atoms with van der Waals surface area (Å²) in [5.74, 6) is -4.33. The second-order valence-corrected chi connectivity index (χ2v) is 28.7. The number of carbonyl (C=O) groups excluding carboxylic acids is 3. The van der Waals surface area contributed by atoms with Crippen molar-refractivity contribution >= 4 is 23.9 Å². The van der Waals surface area contributed by atoms with Gasteiger partial charge in [0.25, 0.3) is 0 Å². The van der Waals surface area contributed by atoms with Gasteiger partial charge in [0.05, 0.1) is 31.3 Å². The first-order chi connectivity index (χ1) is 42.0. The van der Waals surface area contributed by atoms with E-state index < -0.39 is 223 Å². The lowest BCUT2D eigenvalue weighted by atomic mass is 9.33. The fourth-order valence-corrected chi connectivity index (χ4v) is 17.6. The number of carboxylic acids is 1. The lowest BCUT2D eigenvalue weighted by Crippen LogP contribution is -2.72. The van der Waals surface area contributed by atoms with Crippen LogP contribution in [0.15, 0.2) is 23.3 Å². The van der Waals surface area contributed by atoms with E-state index in [2.05, 4.69) is 26.8 Å². The highest BCUT2D eigenvalue weighted by molar-refractivity contribution is 5.87. The van der Waals surface area contributed by atoms with Crippen LogP contribution in [0.3, 0.4) is 0 Å². The van der Waals surface area contributed by atoms with Crippen LogP contribution in [0.4, 0.5) is 0 Å². The molecule has 0 bridgehead atoms. The molecule has 13 N–H and O–H groups in total. The molecular formula is C62H96O28. The zero-order valence-corrected chi connectivity index (χ0v) is 52.9. The summed E-state index contributed by atoms with van der Waals surface area (Å²) in [5, 5.41) is 143. The molecule has 28 heteroatoms. The van der Waals surface area contributed by atoms with Gasteiger partial charge in [-0.15, -0.1) is 0 Å². The Morgan fingerprint density at radius 2 is 1.21 bits per heavy atom. The number of fused-ring (bicyclic) bond motifs is 7. The zero-order valence-electron chi connectivity index (χ0n) is 52.9. The number of aliphatic hydroxyl groups excluding tert-OH is 12. The van der Waals surface area contributed by atoms with Crippen LogP contribution in [-0.4, -0.2) is 258 Å². The highest BCUT2D eigenvalue weighted by Crippen LogP contribution is 2.76. The molecule has 0 radical (unpaired) electrons. The maximum atomic E-state index is 13.5. The Bertz CT molecular complexity index is 2670. The summed E-state index contributed by atoms with van der Waals surface area (Å²) >= 11 is 0. The number of ether oxygens (including phenoxy) is 11. The van der Waals surface area contributed by atoms with Gasteiger partial charge < -0.3 is 118 Å². The van der Waals surface area contributed by atoms with E-state index in [1.807, 2.05) is 27.7 Å². The maximum Gasteiger partial charge on any atom is 0.335 e. The highest BCUT2D eigenvalue weighted by Gasteiger charge is 2.74. The van der Waals surface area contributed by atoms with E-state index >= 15 is 0 Å². The van der Waals surface area contributed by atoms with Gasteiger partial charge in [0.15, 0.2) is 31.3 Å². The van der Waals surface area contributed by atoms with Gasteiger partial charge in [0, 0.05) is 24.8 Å².